The van der Waals surface area contributed by atoms with E-state index in [1.165, 1.54) is 11.1 Å². The van der Waals surface area contributed by atoms with Gasteiger partial charge in [0.15, 0.2) is 24.8 Å². The standard InChI is InChI=1S/C22H19N4/c23-19-1-5-21(6-2-19)25-13-9-17(10-14-25)18-11-15-26(16-12-18)22-7-3-20(24)4-8-22/h1-16,23H,24H2/q+1/p+1. The first-order valence-electron chi connectivity index (χ1n) is 8.44. The SMILES string of the molecule is Nc1ccc(-[n+]2ccc(-c3cc[n+](-c4ccc(N)cc4)cc3)cc2)cc1. The lowest BCUT2D eigenvalue weighted by Crippen LogP contribution is -2.29. The number of nitrogens with two attached hydrogens (primary N) is 2. The maximum absolute atomic E-state index is 5.75. The van der Waals surface area contributed by atoms with Gasteiger partial charge < -0.3 is 11.5 Å². The summed E-state index contributed by atoms with van der Waals surface area (Å²) in [5, 5.41) is 0. The highest BCUT2D eigenvalue weighted by molar-refractivity contribution is 5.61. The minimum Gasteiger partial charge on any atom is -0.399 e. The molecule has 0 saturated carbocycles. The second kappa shape index (κ2) is 6.69. The van der Waals surface area contributed by atoms with Gasteiger partial charge in [0.05, 0.1) is 0 Å². The van der Waals surface area contributed by atoms with Gasteiger partial charge >= 0.3 is 0 Å². The summed E-state index contributed by atoms with van der Waals surface area (Å²) in [4.78, 5) is 0. The van der Waals surface area contributed by atoms with Gasteiger partial charge in [0.2, 0.25) is 11.4 Å². The molecule has 0 fully saturated rings. The molecule has 0 saturated heterocycles. The summed E-state index contributed by atoms with van der Waals surface area (Å²) in [6.07, 6.45) is 8.23. The fourth-order valence-electron chi connectivity index (χ4n) is 2.87. The van der Waals surface area contributed by atoms with Crippen molar-refractivity contribution in [3.05, 3.63) is 97.6 Å². The second-order valence-electron chi connectivity index (χ2n) is 6.17. The van der Waals surface area contributed by atoms with Crippen molar-refractivity contribution in [2.75, 3.05) is 11.5 Å². The fourth-order valence-corrected chi connectivity index (χ4v) is 2.87. The van der Waals surface area contributed by atoms with E-state index >= 15 is 0 Å². The molecule has 2 heterocycles. The predicted octanol–water partition coefficient (Wildman–Crippen LogP) is 3.07. The van der Waals surface area contributed by atoms with Crippen LogP contribution in [0, 0.1) is 0 Å². The number of rotatable bonds is 3. The zero-order chi connectivity index (χ0) is 17.9. The van der Waals surface area contributed by atoms with Crippen LogP contribution in [0.3, 0.4) is 0 Å². The summed E-state index contributed by atoms with van der Waals surface area (Å²) in [5.41, 5.74) is 17.5. The van der Waals surface area contributed by atoms with E-state index in [2.05, 4.69) is 58.2 Å². The van der Waals surface area contributed by atoms with E-state index in [9.17, 15) is 0 Å². The molecule has 0 aliphatic carbocycles. The summed E-state index contributed by atoms with van der Waals surface area (Å²) >= 11 is 0. The van der Waals surface area contributed by atoms with Crippen LogP contribution in [-0.4, -0.2) is 0 Å². The summed E-state index contributed by atoms with van der Waals surface area (Å²) in [6.45, 7) is 0. The first-order valence-corrected chi connectivity index (χ1v) is 8.44. The Morgan fingerprint density at radius 1 is 0.423 bits per heavy atom. The molecule has 0 amide bonds. The largest absolute Gasteiger partial charge is 0.399 e. The lowest BCUT2D eigenvalue weighted by molar-refractivity contribution is -0.596. The monoisotopic (exact) mass is 340 g/mol. The number of pyridine rings is 2. The molecule has 0 atom stereocenters. The average molecular weight is 340 g/mol. The van der Waals surface area contributed by atoms with Gasteiger partial charge in [-0.25, -0.2) is 0 Å². The van der Waals surface area contributed by atoms with Crippen molar-refractivity contribution in [3.8, 4) is 22.5 Å². The van der Waals surface area contributed by atoms with Crippen molar-refractivity contribution in [3.63, 3.8) is 0 Å². The lowest BCUT2D eigenvalue weighted by atomic mass is 10.1. The molecule has 0 radical (unpaired) electrons. The van der Waals surface area contributed by atoms with Crippen LogP contribution in [-0.2, 0) is 0 Å². The van der Waals surface area contributed by atoms with Gasteiger partial charge in [-0.2, -0.15) is 9.13 Å². The molecule has 4 rings (SSSR count). The van der Waals surface area contributed by atoms with E-state index in [4.69, 9.17) is 11.5 Å². The Morgan fingerprint density at radius 3 is 1.04 bits per heavy atom. The Morgan fingerprint density at radius 2 is 0.731 bits per heavy atom. The molecule has 4 heteroatoms. The van der Waals surface area contributed by atoms with Crippen LogP contribution in [0.4, 0.5) is 11.4 Å². The molecule has 0 spiro atoms. The zero-order valence-corrected chi connectivity index (χ0v) is 14.3. The molecule has 0 aliphatic heterocycles. The smallest absolute Gasteiger partial charge is 0.210 e. The molecule has 0 unspecified atom stereocenters. The van der Waals surface area contributed by atoms with Crippen molar-refractivity contribution in [2.24, 2.45) is 0 Å². The summed E-state index contributed by atoms with van der Waals surface area (Å²) in [5.74, 6) is 0. The molecule has 4 N–H and O–H groups in total. The Hall–Kier alpha value is -3.66. The third-order valence-corrected chi connectivity index (χ3v) is 4.37. The molecule has 2 aromatic carbocycles. The van der Waals surface area contributed by atoms with Crippen LogP contribution in [0.1, 0.15) is 0 Å². The third-order valence-electron chi connectivity index (χ3n) is 4.37. The van der Waals surface area contributed by atoms with E-state index in [0.717, 1.165) is 22.7 Å². The number of aromatic nitrogens is 2. The molecule has 4 nitrogen and oxygen atoms in total. The van der Waals surface area contributed by atoms with Crippen LogP contribution in [0.15, 0.2) is 97.6 Å². The Labute approximate surface area is 152 Å². The summed E-state index contributed by atoms with van der Waals surface area (Å²) in [7, 11) is 0. The van der Waals surface area contributed by atoms with Gasteiger partial charge in [-0.05, 0) is 35.4 Å². The zero-order valence-electron chi connectivity index (χ0n) is 14.3. The van der Waals surface area contributed by atoms with Crippen molar-refractivity contribution in [1.29, 1.82) is 0 Å². The second-order valence-corrected chi connectivity index (χ2v) is 6.17. The van der Waals surface area contributed by atoms with Gasteiger partial charge in [-0.1, -0.05) is 0 Å². The number of hydrogen-bond donors (Lipinski definition) is 2. The van der Waals surface area contributed by atoms with Gasteiger partial charge in [0.1, 0.15) is 0 Å². The highest BCUT2D eigenvalue weighted by Gasteiger charge is 2.09. The van der Waals surface area contributed by atoms with E-state index in [1.54, 1.807) is 0 Å². The molecule has 126 valence electrons. The number of anilines is 2. The molecule has 4 aromatic rings. The highest BCUT2D eigenvalue weighted by Crippen LogP contribution is 2.17. The summed E-state index contributed by atoms with van der Waals surface area (Å²) < 4.78 is 4.14. The first-order chi connectivity index (χ1) is 12.7. The number of hydrogen-bond acceptors (Lipinski definition) is 2. The van der Waals surface area contributed by atoms with E-state index in [0.29, 0.717) is 0 Å². The van der Waals surface area contributed by atoms with Crippen molar-refractivity contribution in [2.45, 2.75) is 0 Å². The minimum absolute atomic E-state index is 0.768. The predicted molar refractivity (Wildman–Crippen MR) is 104 cm³/mol. The molecule has 26 heavy (non-hydrogen) atoms. The Kier molecular flexibility index (Phi) is 4.07. The van der Waals surface area contributed by atoms with Crippen LogP contribution in [0.2, 0.25) is 0 Å². The van der Waals surface area contributed by atoms with Crippen LogP contribution in [0.5, 0.6) is 0 Å². The van der Waals surface area contributed by atoms with E-state index in [-0.39, 0.29) is 0 Å². The highest BCUT2D eigenvalue weighted by atomic mass is 14.9. The third kappa shape index (κ3) is 3.26. The summed E-state index contributed by atoms with van der Waals surface area (Å²) in [6, 6.07) is 24.1. The maximum Gasteiger partial charge on any atom is 0.210 e. The van der Waals surface area contributed by atoms with Gasteiger partial charge in [0.25, 0.3) is 0 Å². The Balaban J connectivity index is 1.57. The molecular formula is C22H20N4+2. The number of nitrogens with zero attached hydrogens (tertiary/aromatic N) is 2. The van der Waals surface area contributed by atoms with Crippen LogP contribution >= 0.6 is 0 Å². The fraction of sp³-hybridized carbons (Fsp3) is 0. The lowest BCUT2D eigenvalue weighted by Gasteiger charge is -2.02. The molecule has 0 bridgehead atoms. The topological polar surface area (TPSA) is 59.8 Å². The van der Waals surface area contributed by atoms with E-state index in [1.807, 2.05) is 48.5 Å². The van der Waals surface area contributed by atoms with Crippen molar-refractivity contribution >= 4 is 11.4 Å². The minimum atomic E-state index is 0.768. The Bertz CT molecular complexity index is 917. The quantitative estimate of drug-likeness (QED) is 0.445. The van der Waals surface area contributed by atoms with Gasteiger partial charge in [0, 0.05) is 59.9 Å². The van der Waals surface area contributed by atoms with E-state index < -0.39 is 0 Å². The van der Waals surface area contributed by atoms with Crippen LogP contribution < -0.4 is 20.6 Å². The van der Waals surface area contributed by atoms with Crippen LogP contribution in [0.25, 0.3) is 22.5 Å². The maximum atomic E-state index is 5.75. The molecular weight excluding hydrogens is 320 g/mol. The molecule has 2 aromatic heterocycles. The normalized spacial score (nSPS) is 10.6. The number of benzene rings is 2. The number of nitrogen functional groups attached to an aromatic ring is 2. The molecule has 0 aliphatic rings. The average Bonchev–Trinajstić information content (AvgIpc) is 2.70. The first kappa shape index (κ1) is 15.8. The van der Waals surface area contributed by atoms with Crippen molar-refractivity contribution < 1.29 is 9.13 Å². The van der Waals surface area contributed by atoms with Crippen molar-refractivity contribution in [1.82, 2.24) is 0 Å². The van der Waals surface area contributed by atoms with Gasteiger partial charge in [-0.3, -0.25) is 0 Å². The van der Waals surface area contributed by atoms with Gasteiger partial charge in [-0.15, -0.1) is 0 Å².